The Bertz CT molecular complexity index is 1040. The van der Waals surface area contributed by atoms with Crippen molar-refractivity contribution >= 4 is 23.5 Å². The van der Waals surface area contributed by atoms with Crippen LogP contribution in [0.15, 0.2) is 35.4 Å². The number of rotatable bonds is 13. The molecule has 212 valence electrons. The van der Waals surface area contributed by atoms with Crippen molar-refractivity contribution in [2.45, 2.75) is 80.3 Å². The molecule has 0 aliphatic rings. The van der Waals surface area contributed by atoms with E-state index in [4.69, 9.17) is 9.47 Å². The maximum Gasteiger partial charge on any atom is 0.344 e. The monoisotopic (exact) mass is 533 g/mol. The van der Waals surface area contributed by atoms with E-state index >= 15 is 0 Å². The molecule has 1 aromatic rings. The summed E-state index contributed by atoms with van der Waals surface area (Å²) in [5, 5.41) is 14.9. The predicted molar refractivity (Wildman–Crippen MR) is 145 cm³/mol. The number of benzene rings is 1. The fourth-order valence-electron chi connectivity index (χ4n) is 4.84. The number of nitro benzene ring substituents is 1. The lowest BCUT2D eigenvalue weighted by molar-refractivity contribution is -0.385. The van der Waals surface area contributed by atoms with E-state index in [9.17, 15) is 24.5 Å². The van der Waals surface area contributed by atoms with Crippen LogP contribution in [0.2, 0.25) is 0 Å². The molecule has 0 fully saturated rings. The minimum atomic E-state index is -1.12. The molecule has 1 amide bonds. The molecule has 0 aliphatic carbocycles. The first-order chi connectivity index (χ1) is 17.6. The number of ether oxygens (including phenoxy) is 2. The van der Waals surface area contributed by atoms with Gasteiger partial charge in [-0.2, -0.15) is 0 Å². The summed E-state index contributed by atoms with van der Waals surface area (Å²) in [6, 6.07) is 4.85. The van der Waals surface area contributed by atoms with Crippen molar-refractivity contribution in [2.75, 3.05) is 26.3 Å². The molecule has 0 bridgehead atoms. The van der Waals surface area contributed by atoms with Crippen LogP contribution in [0.5, 0.6) is 0 Å². The van der Waals surface area contributed by atoms with E-state index < -0.39 is 39.9 Å². The molecule has 0 aromatic heterocycles. The van der Waals surface area contributed by atoms with Gasteiger partial charge in [0.05, 0.1) is 35.3 Å². The van der Waals surface area contributed by atoms with Crippen LogP contribution in [-0.2, 0) is 23.9 Å². The summed E-state index contributed by atoms with van der Waals surface area (Å²) in [5.41, 5.74) is -1.82. The first-order valence-corrected chi connectivity index (χ1v) is 13.0. The van der Waals surface area contributed by atoms with Crippen LogP contribution in [-0.4, -0.2) is 59.5 Å². The number of nitro groups is 1. The predicted octanol–water partition coefficient (Wildman–Crippen LogP) is 4.73. The number of esters is 2. The minimum Gasteiger partial charge on any atom is -0.463 e. The van der Waals surface area contributed by atoms with Gasteiger partial charge in [0, 0.05) is 11.6 Å². The van der Waals surface area contributed by atoms with Gasteiger partial charge >= 0.3 is 11.9 Å². The van der Waals surface area contributed by atoms with E-state index in [-0.39, 0.29) is 35.5 Å². The number of amides is 1. The van der Waals surface area contributed by atoms with E-state index in [2.05, 4.69) is 5.32 Å². The second kappa shape index (κ2) is 14.0. The number of hydrogen-bond donors (Lipinski definition) is 1. The van der Waals surface area contributed by atoms with Crippen LogP contribution in [0.25, 0.3) is 0 Å². The molecule has 10 nitrogen and oxygen atoms in total. The molecule has 10 heteroatoms. The summed E-state index contributed by atoms with van der Waals surface area (Å²) < 4.78 is 10.6. The van der Waals surface area contributed by atoms with Crippen molar-refractivity contribution in [3.63, 3.8) is 0 Å². The third kappa shape index (κ3) is 8.93. The first-order valence-electron chi connectivity index (χ1n) is 13.0. The molecule has 0 radical (unpaired) electrons. The maximum absolute atomic E-state index is 13.8. The van der Waals surface area contributed by atoms with Gasteiger partial charge in [-0.3, -0.25) is 19.8 Å². The molecule has 0 saturated carbocycles. The van der Waals surface area contributed by atoms with Crippen LogP contribution < -0.4 is 5.32 Å². The number of likely N-dealkylation sites (N-methyl/N-ethyl adjacent to an activating group) is 1. The molecule has 38 heavy (non-hydrogen) atoms. The number of nitrogens with zero attached hydrogens (tertiary/aromatic N) is 2. The average molecular weight is 534 g/mol. The number of carbonyl (C=O) groups is 3. The minimum absolute atomic E-state index is 0.0303. The van der Waals surface area contributed by atoms with Gasteiger partial charge in [-0.05, 0) is 52.6 Å². The number of carbonyl (C=O) groups excluding carboxylic acids is 3. The SMILES string of the molecule is CCOC(=O)/C(C(=O)NC(C)(C)CC(C)(C)C)=C(\C(=O)OCC)C(c1ccccc1[N+](=O)[O-])N(CC)CC. The molecule has 0 aliphatic heterocycles. The summed E-state index contributed by atoms with van der Waals surface area (Å²) in [6.45, 7) is 17.2. The lowest BCUT2D eigenvalue weighted by Crippen LogP contribution is -2.48. The molecule has 1 N–H and O–H groups in total. The van der Waals surface area contributed by atoms with Gasteiger partial charge in [0.1, 0.15) is 5.57 Å². The Morgan fingerprint density at radius 1 is 0.947 bits per heavy atom. The topological polar surface area (TPSA) is 128 Å². The van der Waals surface area contributed by atoms with Gasteiger partial charge in [0.25, 0.3) is 11.6 Å². The second-order valence-corrected chi connectivity index (χ2v) is 10.7. The zero-order valence-electron chi connectivity index (χ0n) is 24.2. The van der Waals surface area contributed by atoms with Crippen molar-refractivity contribution in [1.82, 2.24) is 10.2 Å². The van der Waals surface area contributed by atoms with E-state index in [1.54, 1.807) is 24.8 Å². The van der Waals surface area contributed by atoms with E-state index in [1.165, 1.54) is 18.2 Å². The summed E-state index contributed by atoms with van der Waals surface area (Å²) >= 11 is 0. The summed E-state index contributed by atoms with van der Waals surface area (Å²) in [4.78, 5) is 54.0. The Balaban J connectivity index is 4.11. The molecule has 1 rings (SSSR count). The van der Waals surface area contributed by atoms with Gasteiger partial charge in [-0.1, -0.05) is 52.8 Å². The maximum atomic E-state index is 13.8. The molecule has 1 aromatic carbocycles. The van der Waals surface area contributed by atoms with Gasteiger partial charge < -0.3 is 14.8 Å². The summed E-state index contributed by atoms with van der Waals surface area (Å²) in [5.74, 6) is -2.73. The molecule has 1 atom stereocenters. The molecule has 0 heterocycles. The highest BCUT2D eigenvalue weighted by Crippen LogP contribution is 2.37. The van der Waals surface area contributed by atoms with Gasteiger partial charge in [-0.15, -0.1) is 0 Å². The van der Waals surface area contributed by atoms with Crippen molar-refractivity contribution in [3.05, 3.63) is 51.1 Å². The third-order valence-corrected chi connectivity index (χ3v) is 5.77. The highest BCUT2D eigenvalue weighted by molar-refractivity contribution is 6.21. The van der Waals surface area contributed by atoms with Gasteiger partial charge in [-0.25, -0.2) is 9.59 Å². The van der Waals surface area contributed by atoms with Crippen LogP contribution in [0.3, 0.4) is 0 Å². The van der Waals surface area contributed by atoms with Crippen LogP contribution in [0.4, 0.5) is 5.69 Å². The Hall–Kier alpha value is -3.27. The fourth-order valence-corrected chi connectivity index (χ4v) is 4.84. The Morgan fingerprint density at radius 2 is 1.47 bits per heavy atom. The van der Waals surface area contributed by atoms with E-state index in [0.29, 0.717) is 19.5 Å². The second-order valence-electron chi connectivity index (χ2n) is 10.7. The van der Waals surface area contributed by atoms with Crippen molar-refractivity contribution in [3.8, 4) is 0 Å². The van der Waals surface area contributed by atoms with Gasteiger partial charge in [0.2, 0.25) is 0 Å². The van der Waals surface area contributed by atoms with Crippen molar-refractivity contribution in [1.29, 1.82) is 0 Å². The summed E-state index contributed by atoms with van der Waals surface area (Å²) in [6.07, 6.45) is 0.570. The molecule has 0 spiro atoms. The molecule has 1 unspecified atom stereocenters. The smallest absolute Gasteiger partial charge is 0.344 e. The number of para-hydroxylation sites is 1. The standard InChI is InChI=1S/C28H43N3O7/c1-10-30(11-2)23(19-16-14-15-17-20(19)31(35)36)21(25(33)37-12-3)22(26(34)38-13-4)24(32)29-28(8,9)18-27(5,6)7/h14-17,23H,10-13,18H2,1-9H3,(H,29,32)/b22-21-. The summed E-state index contributed by atoms with van der Waals surface area (Å²) in [7, 11) is 0. The Morgan fingerprint density at radius 3 is 1.95 bits per heavy atom. The van der Waals surface area contributed by atoms with Crippen molar-refractivity contribution in [2.24, 2.45) is 5.41 Å². The van der Waals surface area contributed by atoms with Gasteiger partial charge in [0.15, 0.2) is 0 Å². The normalized spacial score (nSPS) is 13.4. The fraction of sp³-hybridized carbons (Fsp3) is 0.607. The van der Waals surface area contributed by atoms with Crippen LogP contribution >= 0.6 is 0 Å². The van der Waals surface area contributed by atoms with E-state index in [0.717, 1.165) is 0 Å². The largest absolute Gasteiger partial charge is 0.463 e. The highest BCUT2D eigenvalue weighted by atomic mass is 16.6. The lowest BCUT2D eigenvalue weighted by Gasteiger charge is -2.35. The van der Waals surface area contributed by atoms with E-state index in [1.807, 2.05) is 48.5 Å². The zero-order chi connectivity index (χ0) is 29.3. The molecular formula is C28H43N3O7. The quantitative estimate of drug-likeness (QED) is 0.0962. The lowest BCUT2D eigenvalue weighted by atomic mass is 9.81. The zero-order valence-corrected chi connectivity index (χ0v) is 24.2. The Kier molecular flexibility index (Phi) is 12.1. The number of hydrogen-bond acceptors (Lipinski definition) is 8. The highest BCUT2D eigenvalue weighted by Gasteiger charge is 2.41. The first kappa shape index (κ1) is 32.8. The average Bonchev–Trinajstić information content (AvgIpc) is 2.79. The molecular weight excluding hydrogens is 490 g/mol. The Labute approximate surface area is 225 Å². The van der Waals surface area contributed by atoms with Crippen molar-refractivity contribution < 1.29 is 28.8 Å². The molecule has 0 saturated heterocycles. The number of nitrogens with one attached hydrogen (secondary N) is 1. The van der Waals surface area contributed by atoms with Crippen LogP contribution in [0.1, 0.15) is 80.3 Å². The third-order valence-electron chi connectivity index (χ3n) is 5.77. The van der Waals surface area contributed by atoms with Crippen LogP contribution in [0, 0.1) is 15.5 Å².